The third-order valence-electron chi connectivity index (χ3n) is 2.76. The number of likely N-dealkylation sites (tertiary alicyclic amines) is 1. The normalized spacial score (nSPS) is 20.2. The van der Waals surface area contributed by atoms with Crippen molar-refractivity contribution in [3.63, 3.8) is 0 Å². The first-order valence-corrected chi connectivity index (χ1v) is 6.91. The summed E-state index contributed by atoms with van der Waals surface area (Å²) in [5.41, 5.74) is -0.400. The maximum absolute atomic E-state index is 10.0. The van der Waals surface area contributed by atoms with E-state index in [-0.39, 0.29) is 0 Å². The largest absolute Gasteiger partial charge is 0.387 e. The minimum Gasteiger partial charge on any atom is -0.387 e. The molecule has 4 heteroatoms. The van der Waals surface area contributed by atoms with Crippen LogP contribution in [0.2, 0.25) is 0 Å². The summed E-state index contributed by atoms with van der Waals surface area (Å²) in [7, 11) is 0. The van der Waals surface area contributed by atoms with E-state index >= 15 is 0 Å². The number of β-amino-alcohol motifs (C(OH)–C–C–N with tert-alkyl or cyclic N) is 1. The highest BCUT2D eigenvalue weighted by Crippen LogP contribution is 2.30. The lowest BCUT2D eigenvalue weighted by Crippen LogP contribution is -2.60. The number of rotatable bonds is 4. The molecule has 0 spiro atoms. The average molecular weight is 290 g/mol. The summed E-state index contributed by atoms with van der Waals surface area (Å²) < 4.78 is 1.18. The fraction of sp³-hybridized carbons (Fsp3) is 0.636. The Morgan fingerprint density at radius 1 is 1.53 bits per heavy atom. The predicted octanol–water partition coefficient (Wildman–Crippen LogP) is 2.86. The van der Waals surface area contributed by atoms with Gasteiger partial charge in [0.25, 0.3) is 0 Å². The van der Waals surface area contributed by atoms with Gasteiger partial charge in [-0.2, -0.15) is 0 Å². The average Bonchev–Trinajstić information content (AvgIpc) is 2.49. The van der Waals surface area contributed by atoms with Gasteiger partial charge < -0.3 is 5.11 Å². The number of hydrogen-bond donors (Lipinski definition) is 1. The fourth-order valence-corrected chi connectivity index (χ4v) is 3.70. The van der Waals surface area contributed by atoms with E-state index in [1.165, 1.54) is 8.66 Å². The molecule has 0 saturated carbocycles. The Kier molecular flexibility index (Phi) is 3.50. The van der Waals surface area contributed by atoms with Crippen LogP contribution in [0, 0.1) is 0 Å². The van der Waals surface area contributed by atoms with Crippen molar-refractivity contribution >= 4 is 27.3 Å². The molecule has 84 valence electrons. The van der Waals surface area contributed by atoms with Crippen LogP contribution in [0.5, 0.6) is 0 Å². The van der Waals surface area contributed by atoms with Crippen molar-refractivity contribution in [1.29, 1.82) is 0 Å². The molecule has 2 nitrogen and oxygen atoms in total. The first kappa shape index (κ1) is 11.6. The van der Waals surface area contributed by atoms with E-state index in [1.54, 1.807) is 11.3 Å². The van der Waals surface area contributed by atoms with Crippen LogP contribution in [0.1, 0.15) is 24.6 Å². The molecule has 0 aromatic carbocycles. The molecule has 1 aliphatic heterocycles. The van der Waals surface area contributed by atoms with E-state index < -0.39 is 5.60 Å². The third-order valence-corrected chi connectivity index (χ3v) is 4.37. The van der Waals surface area contributed by atoms with Crippen molar-refractivity contribution in [2.45, 2.75) is 31.9 Å². The van der Waals surface area contributed by atoms with Crippen LogP contribution in [0.25, 0.3) is 0 Å². The monoisotopic (exact) mass is 289 g/mol. The fourth-order valence-electron chi connectivity index (χ4n) is 2.18. The third kappa shape index (κ3) is 2.81. The summed E-state index contributed by atoms with van der Waals surface area (Å²) in [6.45, 7) is 4.76. The van der Waals surface area contributed by atoms with Crippen molar-refractivity contribution in [1.82, 2.24) is 4.90 Å². The Bertz CT molecular complexity index is 333. The van der Waals surface area contributed by atoms with Gasteiger partial charge in [0, 0.05) is 24.5 Å². The number of hydrogen-bond acceptors (Lipinski definition) is 3. The highest BCUT2D eigenvalue weighted by Gasteiger charge is 2.39. The molecule has 0 atom stereocenters. The van der Waals surface area contributed by atoms with Crippen LogP contribution in [0.15, 0.2) is 15.9 Å². The minimum atomic E-state index is -0.400. The van der Waals surface area contributed by atoms with E-state index in [1.807, 2.05) is 0 Å². The molecule has 1 N–H and O–H groups in total. The van der Waals surface area contributed by atoms with Crippen LogP contribution >= 0.6 is 27.3 Å². The summed E-state index contributed by atoms with van der Waals surface area (Å²) in [5.74, 6) is 0. The van der Waals surface area contributed by atoms with Gasteiger partial charge in [0.15, 0.2) is 0 Å². The summed E-state index contributed by atoms with van der Waals surface area (Å²) >= 11 is 5.23. The SMILES string of the molecule is CCCC1(O)CN(Cc2ccc(Br)s2)C1. The Morgan fingerprint density at radius 3 is 2.80 bits per heavy atom. The smallest absolute Gasteiger partial charge is 0.0900 e. The quantitative estimate of drug-likeness (QED) is 0.921. The Labute approximate surface area is 103 Å². The molecule has 2 rings (SSSR count). The van der Waals surface area contributed by atoms with Gasteiger partial charge in [-0.15, -0.1) is 11.3 Å². The lowest BCUT2D eigenvalue weighted by atomic mass is 9.89. The lowest BCUT2D eigenvalue weighted by Gasteiger charge is -2.46. The van der Waals surface area contributed by atoms with E-state index in [2.05, 4.69) is 39.9 Å². The van der Waals surface area contributed by atoms with Gasteiger partial charge in [-0.05, 0) is 34.5 Å². The second-order valence-electron chi connectivity index (χ2n) is 4.33. The highest BCUT2D eigenvalue weighted by atomic mass is 79.9. The summed E-state index contributed by atoms with van der Waals surface area (Å²) in [6, 6.07) is 4.23. The minimum absolute atomic E-state index is 0.400. The Hall–Kier alpha value is 0.1000. The molecule has 0 bridgehead atoms. The lowest BCUT2D eigenvalue weighted by molar-refractivity contribution is -0.106. The van der Waals surface area contributed by atoms with Gasteiger partial charge in [0.1, 0.15) is 0 Å². The van der Waals surface area contributed by atoms with Crippen molar-refractivity contribution in [2.24, 2.45) is 0 Å². The van der Waals surface area contributed by atoms with Gasteiger partial charge in [-0.3, -0.25) is 4.90 Å². The molecule has 1 aliphatic rings. The Balaban J connectivity index is 1.80. The molecular weight excluding hydrogens is 274 g/mol. The van der Waals surface area contributed by atoms with Gasteiger partial charge in [0.2, 0.25) is 0 Å². The molecule has 2 heterocycles. The van der Waals surface area contributed by atoms with Gasteiger partial charge in [-0.1, -0.05) is 13.3 Å². The van der Waals surface area contributed by atoms with Crippen molar-refractivity contribution < 1.29 is 5.11 Å². The van der Waals surface area contributed by atoms with Gasteiger partial charge in [-0.25, -0.2) is 0 Å². The molecule has 1 aromatic heterocycles. The Morgan fingerprint density at radius 2 is 2.27 bits per heavy atom. The maximum Gasteiger partial charge on any atom is 0.0900 e. The van der Waals surface area contributed by atoms with Crippen LogP contribution in [0.4, 0.5) is 0 Å². The van der Waals surface area contributed by atoms with E-state index in [9.17, 15) is 5.11 Å². The zero-order valence-corrected chi connectivity index (χ0v) is 11.3. The molecule has 0 unspecified atom stereocenters. The maximum atomic E-state index is 10.0. The van der Waals surface area contributed by atoms with E-state index in [4.69, 9.17) is 0 Å². The summed E-state index contributed by atoms with van der Waals surface area (Å²) in [5, 5.41) is 10.0. The number of aliphatic hydroxyl groups is 1. The number of halogens is 1. The molecule has 0 radical (unpaired) electrons. The van der Waals surface area contributed by atoms with Crippen LogP contribution in [0.3, 0.4) is 0 Å². The molecule has 0 amide bonds. The van der Waals surface area contributed by atoms with Gasteiger partial charge >= 0.3 is 0 Å². The first-order chi connectivity index (χ1) is 7.11. The summed E-state index contributed by atoms with van der Waals surface area (Å²) in [6.07, 6.45) is 1.99. The second-order valence-corrected chi connectivity index (χ2v) is 6.87. The van der Waals surface area contributed by atoms with Crippen LogP contribution in [-0.2, 0) is 6.54 Å². The first-order valence-electron chi connectivity index (χ1n) is 5.30. The molecule has 1 saturated heterocycles. The number of nitrogens with zero attached hydrogens (tertiary/aromatic N) is 1. The van der Waals surface area contributed by atoms with Crippen LogP contribution in [-0.4, -0.2) is 28.7 Å². The van der Waals surface area contributed by atoms with Crippen molar-refractivity contribution in [2.75, 3.05) is 13.1 Å². The summed E-state index contributed by atoms with van der Waals surface area (Å²) in [4.78, 5) is 3.66. The zero-order chi connectivity index (χ0) is 10.9. The highest BCUT2D eigenvalue weighted by molar-refractivity contribution is 9.11. The topological polar surface area (TPSA) is 23.5 Å². The van der Waals surface area contributed by atoms with E-state index in [0.29, 0.717) is 0 Å². The predicted molar refractivity (Wildman–Crippen MR) is 67.2 cm³/mol. The zero-order valence-electron chi connectivity index (χ0n) is 8.87. The second kappa shape index (κ2) is 4.53. The molecule has 15 heavy (non-hydrogen) atoms. The standard InChI is InChI=1S/C11H16BrNOS/c1-2-5-11(14)7-13(8-11)6-9-3-4-10(12)15-9/h3-4,14H,2,5-8H2,1H3. The molecule has 1 aromatic rings. The van der Waals surface area contributed by atoms with E-state index in [0.717, 1.165) is 32.5 Å². The van der Waals surface area contributed by atoms with Gasteiger partial charge in [0.05, 0.1) is 9.39 Å². The molecular formula is C11H16BrNOS. The molecule has 1 fully saturated rings. The molecule has 0 aliphatic carbocycles. The van der Waals surface area contributed by atoms with Crippen molar-refractivity contribution in [3.05, 3.63) is 20.8 Å². The van der Waals surface area contributed by atoms with Crippen molar-refractivity contribution in [3.8, 4) is 0 Å². The van der Waals surface area contributed by atoms with Crippen LogP contribution < -0.4 is 0 Å². The number of thiophene rings is 1.